The monoisotopic (exact) mass is 326 g/mol. The van der Waals surface area contributed by atoms with Crippen LogP contribution in [0.1, 0.15) is 46.1 Å². The Hall–Kier alpha value is -2.76. The number of hydrogen-bond acceptors (Lipinski definition) is 6. The smallest absolute Gasteiger partial charge is 0.376 e. The Morgan fingerprint density at radius 2 is 1.71 bits per heavy atom. The first-order chi connectivity index (χ1) is 11.7. The van der Waals surface area contributed by atoms with Crippen molar-refractivity contribution in [3.63, 3.8) is 0 Å². The first-order valence-corrected chi connectivity index (χ1v) is 7.99. The van der Waals surface area contributed by atoms with Gasteiger partial charge in [0.25, 0.3) is 0 Å². The van der Waals surface area contributed by atoms with Gasteiger partial charge >= 0.3 is 11.9 Å². The zero-order chi connectivity index (χ0) is 17.1. The summed E-state index contributed by atoms with van der Waals surface area (Å²) in [5, 5.41) is 0. The van der Waals surface area contributed by atoms with Gasteiger partial charge in [-0.3, -0.25) is 0 Å². The van der Waals surface area contributed by atoms with Crippen LogP contribution >= 0.6 is 0 Å². The van der Waals surface area contributed by atoms with Gasteiger partial charge in [-0.15, -0.1) is 0 Å². The van der Waals surface area contributed by atoms with Crippen LogP contribution in [0.15, 0.2) is 24.3 Å². The third-order valence-corrected chi connectivity index (χ3v) is 3.85. The van der Waals surface area contributed by atoms with E-state index in [-0.39, 0.29) is 24.7 Å². The number of carbonyl (C=O) groups excluding carboxylic acids is 2. The fourth-order valence-corrected chi connectivity index (χ4v) is 2.83. The van der Waals surface area contributed by atoms with Crippen LogP contribution < -0.4 is 0 Å². The standard InChI is InChI=1S/C18H18N2O4/c1-3-23-17(21)15-13-10-9-11-7-5-6-8-12(11)14(13)19-16(20-15)18(22)24-4-2/h5-8H,3-4,9-10H2,1-2H3. The van der Waals surface area contributed by atoms with Crippen molar-refractivity contribution >= 4 is 11.9 Å². The molecule has 0 unspecified atom stereocenters. The number of nitrogens with zero attached hydrogens (tertiary/aromatic N) is 2. The highest BCUT2D eigenvalue weighted by molar-refractivity contribution is 5.94. The van der Waals surface area contributed by atoms with Crippen LogP contribution in [-0.2, 0) is 22.3 Å². The van der Waals surface area contributed by atoms with Crippen molar-refractivity contribution in [2.24, 2.45) is 0 Å². The van der Waals surface area contributed by atoms with Gasteiger partial charge in [0, 0.05) is 11.1 Å². The molecule has 0 radical (unpaired) electrons. The van der Waals surface area contributed by atoms with Gasteiger partial charge in [0.05, 0.1) is 18.9 Å². The molecule has 1 aromatic heterocycles. The molecule has 1 aromatic carbocycles. The molecule has 1 aliphatic rings. The molecule has 0 bridgehead atoms. The van der Waals surface area contributed by atoms with Crippen LogP contribution in [0.25, 0.3) is 11.3 Å². The molecule has 6 heteroatoms. The molecule has 124 valence electrons. The minimum Gasteiger partial charge on any atom is -0.461 e. The lowest BCUT2D eigenvalue weighted by atomic mass is 9.88. The Kier molecular flexibility index (Phi) is 4.55. The van der Waals surface area contributed by atoms with Gasteiger partial charge in [0.2, 0.25) is 5.82 Å². The van der Waals surface area contributed by atoms with Crippen molar-refractivity contribution in [3.05, 3.63) is 46.9 Å². The first kappa shape index (κ1) is 16.1. The van der Waals surface area contributed by atoms with E-state index >= 15 is 0 Å². The molecule has 3 rings (SSSR count). The number of esters is 2. The number of aryl methyl sites for hydroxylation is 1. The fraction of sp³-hybridized carbons (Fsp3) is 0.333. The Morgan fingerprint density at radius 1 is 1.00 bits per heavy atom. The summed E-state index contributed by atoms with van der Waals surface area (Å²) in [4.78, 5) is 32.9. The molecular formula is C18H18N2O4. The summed E-state index contributed by atoms with van der Waals surface area (Å²) in [7, 11) is 0. The van der Waals surface area contributed by atoms with Gasteiger partial charge in [-0.25, -0.2) is 19.6 Å². The summed E-state index contributed by atoms with van der Waals surface area (Å²) in [6.45, 7) is 3.89. The highest BCUT2D eigenvalue weighted by Gasteiger charge is 2.28. The normalized spacial score (nSPS) is 12.1. The van der Waals surface area contributed by atoms with Gasteiger partial charge in [-0.1, -0.05) is 24.3 Å². The Morgan fingerprint density at radius 3 is 2.46 bits per heavy atom. The van der Waals surface area contributed by atoms with Gasteiger partial charge in [0.15, 0.2) is 5.69 Å². The number of ether oxygens (including phenoxy) is 2. The molecule has 0 saturated heterocycles. The van der Waals surface area contributed by atoms with Crippen molar-refractivity contribution in [2.45, 2.75) is 26.7 Å². The van der Waals surface area contributed by atoms with E-state index in [0.717, 1.165) is 23.1 Å². The van der Waals surface area contributed by atoms with Crippen molar-refractivity contribution in [1.82, 2.24) is 9.97 Å². The molecule has 1 aliphatic carbocycles. The van der Waals surface area contributed by atoms with Crippen LogP contribution in [0, 0.1) is 0 Å². The van der Waals surface area contributed by atoms with E-state index < -0.39 is 11.9 Å². The van der Waals surface area contributed by atoms with E-state index in [1.807, 2.05) is 24.3 Å². The lowest BCUT2D eigenvalue weighted by Gasteiger charge is -2.21. The van der Waals surface area contributed by atoms with Crippen LogP contribution in [0.2, 0.25) is 0 Å². The summed E-state index contributed by atoms with van der Waals surface area (Å²) in [5.41, 5.74) is 3.53. The molecule has 0 fully saturated rings. The van der Waals surface area contributed by atoms with Crippen LogP contribution in [-0.4, -0.2) is 35.1 Å². The van der Waals surface area contributed by atoms with Crippen molar-refractivity contribution in [2.75, 3.05) is 13.2 Å². The van der Waals surface area contributed by atoms with E-state index in [1.54, 1.807) is 13.8 Å². The number of rotatable bonds is 4. The number of carbonyl (C=O) groups is 2. The van der Waals surface area contributed by atoms with Gasteiger partial charge in [-0.2, -0.15) is 0 Å². The van der Waals surface area contributed by atoms with E-state index in [0.29, 0.717) is 12.1 Å². The SMILES string of the molecule is CCOC(=O)c1nc(C(=O)OCC)c2c(n1)-c1ccccc1CC2. The lowest BCUT2D eigenvalue weighted by Crippen LogP contribution is -2.21. The largest absolute Gasteiger partial charge is 0.461 e. The quantitative estimate of drug-likeness (QED) is 0.804. The Bertz CT molecular complexity index is 802. The summed E-state index contributed by atoms with van der Waals surface area (Å²) >= 11 is 0. The minimum absolute atomic E-state index is 0.115. The van der Waals surface area contributed by atoms with Gasteiger partial charge in [0.1, 0.15) is 0 Å². The molecule has 0 atom stereocenters. The molecular weight excluding hydrogens is 308 g/mol. The Labute approximate surface area is 139 Å². The predicted molar refractivity (Wildman–Crippen MR) is 86.8 cm³/mol. The molecule has 0 aliphatic heterocycles. The van der Waals surface area contributed by atoms with Crippen LogP contribution in [0.4, 0.5) is 0 Å². The molecule has 0 amide bonds. The van der Waals surface area contributed by atoms with Crippen molar-refractivity contribution in [1.29, 1.82) is 0 Å². The molecule has 1 heterocycles. The maximum absolute atomic E-state index is 12.3. The molecule has 0 N–H and O–H groups in total. The zero-order valence-electron chi connectivity index (χ0n) is 13.7. The van der Waals surface area contributed by atoms with Gasteiger partial charge < -0.3 is 9.47 Å². The zero-order valence-corrected chi connectivity index (χ0v) is 13.7. The first-order valence-electron chi connectivity index (χ1n) is 7.99. The number of hydrogen-bond donors (Lipinski definition) is 0. The third-order valence-electron chi connectivity index (χ3n) is 3.85. The fourth-order valence-electron chi connectivity index (χ4n) is 2.83. The average Bonchev–Trinajstić information content (AvgIpc) is 2.61. The predicted octanol–water partition coefficient (Wildman–Crippen LogP) is 2.60. The maximum Gasteiger partial charge on any atom is 0.376 e. The number of fused-ring (bicyclic) bond motifs is 3. The molecule has 0 saturated carbocycles. The topological polar surface area (TPSA) is 78.4 Å². The molecule has 6 nitrogen and oxygen atoms in total. The molecule has 2 aromatic rings. The summed E-state index contributed by atoms with van der Waals surface area (Å²) < 4.78 is 10.1. The molecule has 0 spiro atoms. The van der Waals surface area contributed by atoms with Crippen LogP contribution in [0.5, 0.6) is 0 Å². The minimum atomic E-state index is -0.645. The average molecular weight is 326 g/mol. The van der Waals surface area contributed by atoms with E-state index in [4.69, 9.17) is 9.47 Å². The second kappa shape index (κ2) is 6.78. The lowest BCUT2D eigenvalue weighted by molar-refractivity contribution is 0.0505. The summed E-state index contributed by atoms with van der Waals surface area (Å²) in [6.07, 6.45) is 1.42. The third kappa shape index (κ3) is 2.87. The van der Waals surface area contributed by atoms with E-state index in [9.17, 15) is 9.59 Å². The second-order valence-electron chi connectivity index (χ2n) is 5.32. The van der Waals surface area contributed by atoms with E-state index in [1.165, 1.54) is 0 Å². The number of benzene rings is 1. The molecule has 24 heavy (non-hydrogen) atoms. The van der Waals surface area contributed by atoms with Crippen molar-refractivity contribution in [3.8, 4) is 11.3 Å². The second-order valence-corrected chi connectivity index (χ2v) is 5.32. The summed E-state index contributed by atoms with van der Waals surface area (Å²) in [6, 6.07) is 7.83. The highest BCUT2D eigenvalue weighted by Crippen LogP contribution is 2.33. The summed E-state index contributed by atoms with van der Waals surface area (Å²) in [5.74, 6) is -1.30. The Balaban J connectivity index is 2.19. The van der Waals surface area contributed by atoms with Gasteiger partial charge in [-0.05, 0) is 32.3 Å². The maximum atomic E-state index is 12.3. The highest BCUT2D eigenvalue weighted by atomic mass is 16.5. The number of aromatic nitrogens is 2. The van der Waals surface area contributed by atoms with E-state index in [2.05, 4.69) is 9.97 Å². The van der Waals surface area contributed by atoms with Crippen LogP contribution in [0.3, 0.4) is 0 Å². The van der Waals surface area contributed by atoms with Crippen molar-refractivity contribution < 1.29 is 19.1 Å².